The molecule has 5 aromatic rings. The number of hydrogen-bond donors (Lipinski definition) is 3. The molecular formula is C42H43FN10O5. The molecule has 0 aliphatic carbocycles. The number of nitrogens with two attached hydrogens (primary N) is 1. The maximum Gasteiger partial charge on any atom is 0.257 e. The van der Waals surface area contributed by atoms with E-state index in [-0.39, 0.29) is 32.0 Å². The highest BCUT2D eigenvalue weighted by Crippen LogP contribution is 2.41. The summed E-state index contributed by atoms with van der Waals surface area (Å²) in [6.07, 6.45) is 2.21. The molecule has 4 fully saturated rings. The van der Waals surface area contributed by atoms with Gasteiger partial charge in [-0.05, 0) is 73.9 Å². The van der Waals surface area contributed by atoms with E-state index in [2.05, 4.69) is 25.1 Å². The average molecular weight is 787 g/mol. The molecule has 10 rings (SSSR count). The number of fused-ring (bicyclic) bond motifs is 2. The molecule has 5 aliphatic rings. The van der Waals surface area contributed by atoms with E-state index in [1.165, 1.54) is 6.33 Å². The molecule has 2 unspecified atom stereocenters. The van der Waals surface area contributed by atoms with Gasteiger partial charge in [0.1, 0.15) is 35.4 Å². The Labute approximate surface area is 333 Å². The summed E-state index contributed by atoms with van der Waals surface area (Å²) < 4.78 is 24.0. The number of para-hydroxylation sites is 1. The third-order valence-corrected chi connectivity index (χ3v) is 12.3. The molecule has 58 heavy (non-hydrogen) atoms. The summed E-state index contributed by atoms with van der Waals surface area (Å²) >= 11 is 0. The van der Waals surface area contributed by atoms with Gasteiger partial charge >= 0.3 is 0 Å². The average Bonchev–Trinajstić information content (AvgIpc) is 3.71. The molecular weight excluding hydrogens is 744 g/mol. The molecule has 4 N–H and O–H groups in total. The van der Waals surface area contributed by atoms with Crippen molar-refractivity contribution in [3.8, 4) is 22.8 Å². The van der Waals surface area contributed by atoms with E-state index in [1.54, 1.807) is 18.2 Å². The number of rotatable bonds is 9. The van der Waals surface area contributed by atoms with Crippen molar-refractivity contribution in [1.82, 2.24) is 39.8 Å². The van der Waals surface area contributed by atoms with Gasteiger partial charge in [0.25, 0.3) is 5.91 Å². The molecule has 2 atom stereocenters. The lowest BCUT2D eigenvalue weighted by molar-refractivity contribution is -0.139. The maximum atomic E-state index is 16.0. The zero-order valence-corrected chi connectivity index (χ0v) is 31.7. The van der Waals surface area contributed by atoms with Gasteiger partial charge in [-0.1, -0.05) is 18.2 Å². The monoisotopic (exact) mass is 786 g/mol. The van der Waals surface area contributed by atoms with Crippen LogP contribution in [0.1, 0.15) is 53.9 Å². The van der Waals surface area contributed by atoms with Gasteiger partial charge < -0.3 is 20.5 Å². The first-order valence-corrected chi connectivity index (χ1v) is 19.8. The lowest BCUT2D eigenvalue weighted by Gasteiger charge is -2.53. The van der Waals surface area contributed by atoms with E-state index in [0.717, 1.165) is 77.7 Å². The molecule has 15 nitrogen and oxygen atoms in total. The lowest BCUT2D eigenvalue weighted by atomic mass is 9.91. The Morgan fingerprint density at radius 3 is 2.40 bits per heavy atom. The molecule has 2 aromatic heterocycles. The number of piperidine rings is 2. The number of aliphatic hydroxyl groups is 1. The molecule has 0 spiro atoms. The fraction of sp³-hybridized carbons (Fsp3) is 0.381. The summed E-state index contributed by atoms with van der Waals surface area (Å²) in [6, 6.07) is 22.1. The number of alkyl halides is 1. The van der Waals surface area contributed by atoms with E-state index in [1.807, 2.05) is 64.2 Å². The molecule has 3 aromatic carbocycles. The van der Waals surface area contributed by atoms with Gasteiger partial charge in [0.15, 0.2) is 17.5 Å². The number of benzene rings is 3. The number of aromatic nitrogens is 4. The Kier molecular flexibility index (Phi) is 8.87. The fourth-order valence-electron chi connectivity index (χ4n) is 9.29. The summed E-state index contributed by atoms with van der Waals surface area (Å²) in [7, 11) is 0. The van der Waals surface area contributed by atoms with Crippen molar-refractivity contribution in [2.24, 2.45) is 0 Å². The highest BCUT2D eigenvalue weighted by molar-refractivity contribution is 6.06. The predicted octanol–water partition coefficient (Wildman–Crippen LogP) is 3.67. The Morgan fingerprint density at radius 1 is 0.914 bits per heavy atom. The topological polar surface area (TPSA) is 175 Å². The number of carbonyl (C=O) groups excluding carboxylic acids is 3. The van der Waals surface area contributed by atoms with Crippen LogP contribution >= 0.6 is 0 Å². The molecule has 4 saturated heterocycles. The summed E-state index contributed by atoms with van der Waals surface area (Å²) in [5, 5.41) is 19.1. The van der Waals surface area contributed by atoms with Crippen LogP contribution in [0.4, 0.5) is 15.9 Å². The smallest absolute Gasteiger partial charge is 0.257 e. The number of nitrogen functional groups attached to an aromatic ring is 1. The molecule has 298 valence electrons. The predicted molar refractivity (Wildman–Crippen MR) is 212 cm³/mol. The van der Waals surface area contributed by atoms with Gasteiger partial charge in [0, 0.05) is 67.6 Å². The number of nitrogens with one attached hydrogen (secondary N) is 1. The van der Waals surface area contributed by atoms with Gasteiger partial charge in [-0.2, -0.15) is 5.10 Å². The minimum absolute atomic E-state index is 0.0955. The van der Waals surface area contributed by atoms with E-state index in [9.17, 15) is 19.5 Å². The number of ether oxygens (including phenoxy) is 1. The number of imide groups is 1. The number of nitrogens with zero attached hydrogens (tertiary/aromatic N) is 8. The first-order valence-electron chi connectivity index (χ1n) is 19.8. The normalized spacial score (nSPS) is 22.8. The minimum Gasteiger partial charge on any atom is -0.457 e. The van der Waals surface area contributed by atoms with Gasteiger partial charge in [-0.25, -0.2) is 19.0 Å². The first kappa shape index (κ1) is 36.4. The Balaban J connectivity index is 0.728. The van der Waals surface area contributed by atoms with Gasteiger partial charge in [0.2, 0.25) is 11.8 Å². The largest absolute Gasteiger partial charge is 0.457 e. The third kappa shape index (κ3) is 6.41. The van der Waals surface area contributed by atoms with Crippen molar-refractivity contribution < 1.29 is 28.6 Å². The summed E-state index contributed by atoms with van der Waals surface area (Å²) in [6.45, 7) is 4.17. The van der Waals surface area contributed by atoms with Crippen molar-refractivity contribution in [2.75, 3.05) is 56.4 Å². The summed E-state index contributed by atoms with van der Waals surface area (Å²) in [4.78, 5) is 53.9. The second kappa shape index (κ2) is 14.1. The number of halogens is 1. The Hall–Kier alpha value is -5.97. The molecule has 5 aliphatic heterocycles. The van der Waals surface area contributed by atoms with Crippen LogP contribution in [0.3, 0.4) is 0 Å². The van der Waals surface area contributed by atoms with Gasteiger partial charge in [-0.3, -0.25) is 34.4 Å². The fourth-order valence-corrected chi connectivity index (χ4v) is 9.29. The molecule has 0 saturated carbocycles. The van der Waals surface area contributed by atoms with E-state index in [0.29, 0.717) is 35.2 Å². The standard InChI is InChI=1S/C42H43FN10O5/c43-42(22-51(23-42)27-8-11-31-32(18-27)41(57)52(40(31)56)33-12-13-34(54)47-39(33)55)21-49-19-28(20-49)50-16-14-26(15-17-50)53-38-35(37(44)45-24-46-38)36(48-53)25-6-9-30(10-7-25)58-29-4-2-1-3-5-29/h1-11,18,24,26,28,33,41,57H,12-17,19-23H2,(H2,44,45,46)(H,47,54,55). The van der Waals surface area contributed by atoms with Crippen LogP contribution < -0.4 is 20.7 Å². The van der Waals surface area contributed by atoms with Gasteiger partial charge in [-0.15, -0.1) is 0 Å². The SMILES string of the molecule is Nc1ncnc2c1c(-c1ccc(Oc3ccccc3)cc1)nn2C1CCN(C2CN(CC3(F)CN(c4ccc5c(c4)C(O)N(C4CCC(=O)NC4=O)C5=O)C3)C2)CC1. The third-order valence-electron chi connectivity index (χ3n) is 12.3. The Bertz CT molecular complexity index is 2410. The van der Waals surface area contributed by atoms with E-state index in [4.69, 9.17) is 15.6 Å². The van der Waals surface area contributed by atoms with Crippen LogP contribution in [0.5, 0.6) is 11.5 Å². The number of anilines is 2. The molecule has 7 heterocycles. The zero-order chi connectivity index (χ0) is 39.7. The van der Waals surface area contributed by atoms with Crippen molar-refractivity contribution in [1.29, 1.82) is 0 Å². The lowest BCUT2D eigenvalue weighted by Crippen LogP contribution is -2.69. The highest BCUT2D eigenvalue weighted by Gasteiger charge is 2.49. The van der Waals surface area contributed by atoms with E-state index < -0.39 is 35.7 Å². The Morgan fingerprint density at radius 2 is 1.66 bits per heavy atom. The number of likely N-dealkylation sites (tertiary alicyclic amines) is 2. The van der Waals surface area contributed by atoms with Crippen molar-refractivity contribution in [3.05, 3.63) is 90.3 Å². The van der Waals surface area contributed by atoms with Crippen LogP contribution in [-0.4, -0.2) is 121 Å². The van der Waals surface area contributed by atoms with Crippen LogP contribution in [0, 0.1) is 0 Å². The van der Waals surface area contributed by atoms with Crippen LogP contribution in [0.15, 0.2) is 79.1 Å². The number of aliphatic hydroxyl groups excluding tert-OH is 1. The number of amides is 3. The highest BCUT2D eigenvalue weighted by atomic mass is 19.1. The second-order valence-corrected chi connectivity index (χ2v) is 16.1. The number of carbonyl (C=O) groups is 3. The van der Waals surface area contributed by atoms with Gasteiger partial charge in [0.05, 0.1) is 24.5 Å². The summed E-state index contributed by atoms with van der Waals surface area (Å²) in [5.74, 6) is 0.436. The zero-order valence-electron chi connectivity index (χ0n) is 31.7. The van der Waals surface area contributed by atoms with Crippen molar-refractivity contribution >= 4 is 40.3 Å². The quantitative estimate of drug-likeness (QED) is 0.185. The van der Waals surface area contributed by atoms with Crippen molar-refractivity contribution in [3.63, 3.8) is 0 Å². The minimum atomic E-state index is -1.37. The first-order chi connectivity index (χ1) is 28.1. The van der Waals surface area contributed by atoms with E-state index >= 15 is 4.39 Å². The van der Waals surface area contributed by atoms with Crippen LogP contribution in [-0.2, 0) is 9.59 Å². The summed E-state index contributed by atoms with van der Waals surface area (Å²) in [5.41, 5.74) is 8.82. The molecule has 3 amide bonds. The van der Waals surface area contributed by atoms with Crippen molar-refractivity contribution in [2.45, 2.75) is 55.7 Å². The van der Waals surface area contributed by atoms with Crippen LogP contribution in [0.2, 0.25) is 0 Å². The second-order valence-electron chi connectivity index (χ2n) is 16.1. The molecule has 16 heteroatoms. The molecule has 0 radical (unpaired) electrons. The van der Waals surface area contributed by atoms with Crippen LogP contribution in [0.25, 0.3) is 22.3 Å². The maximum absolute atomic E-state index is 16.0. The number of hydrogen-bond acceptors (Lipinski definition) is 12. The molecule has 0 bridgehead atoms.